The molecule has 2 aliphatic heterocycles. The summed E-state index contributed by atoms with van der Waals surface area (Å²) in [6.45, 7) is 2.06. The Labute approximate surface area is 165 Å². The van der Waals surface area contributed by atoms with E-state index in [2.05, 4.69) is 5.32 Å². The Hall–Kier alpha value is -1.90. The first-order valence-electron chi connectivity index (χ1n) is 9.90. The van der Waals surface area contributed by atoms with E-state index in [-0.39, 0.29) is 17.9 Å². The number of fused-ring (bicyclic) bond motifs is 1. The number of aromatic nitrogens is 1. The van der Waals surface area contributed by atoms with Crippen molar-refractivity contribution in [2.45, 2.75) is 36.7 Å². The van der Waals surface area contributed by atoms with Crippen LogP contribution in [0, 0.1) is 5.92 Å². The molecule has 0 radical (unpaired) electrons. The molecule has 0 unspecified atom stereocenters. The third-order valence-corrected chi connectivity index (χ3v) is 7.74. The first-order valence-corrected chi connectivity index (χ1v) is 11.3. The van der Waals surface area contributed by atoms with Gasteiger partial charge in [0.15, 0.2) is 0 Å². The minimum atomic E-state index is -3.55. The summed E-state index contributed by atoms with van der Waals surface area (Å²) in [4.78, 5) is 12.7. The number of carbonyl (C=O) groups is 1. The van der Waals surface area contributed by atoms with Gasteiger partial charge in [-0.1, -0.05) is 0 Å². The van der Waals surface area contributed by atoms with Crippen molar-refractivity contribution < 1.29 is 17.9 Å². The molecule has 1 atom stereocenters. The van der Waals surface area contributed by atoms with Crippen LogP contribution in [-0.4, -0.2) is 55.5 Å². The fraction of sp³-hybridized carbons (Fsp3) is 0.550. The third-order valence-electron chi connectivity index (χ3n) is 5.85. The van der Waals surface area contributed by atoms with Crippen molar-refractivity contribution in [1.29, 1.82) is 0 Å². The van der Waals surface area contributed by atoms with E-state index in [1.807, 2.05) is 29.9 Å². The van der Waals surface area contributed by atoms with E-state index >= 15 is 0 Å². The molecule has 3 heterocycles. The van der Waals surface area contributed by atoms with Gasteiger partial charge in [0, 0.05) is 56.3 Å². The maximum absolute atomic E-state index is 13.0. The Morgan fingerprint density at radius 2 is 2.00 bits per heavy atom. The molecule has 8 heteroatoms. The quantitative estimate of drug-likeness (QED) is 0.824. The SMILES string of the molecule is Cn1ccc2cc(S(=O)(=O)N3CCC(C(=O)NC[C@@H]4CCCO4)CC3)ccc21. The number of benzene rings is 1. The molecule has 0 saturated carbocycles. The van der Waals surface area contributed by atoms with Gasteiger partial charge in [0.25, 0.3) is 0 Å². The van der Waals surface area contributed by atoms with E-state index in [0.29, 0.717) is 37.4 Å². The van der Waals surface area contributed by atoms with Crippen molar-refractivity contribution in [3.63, 3.8) is 0 Å². The molecule has 1 N–H and O–H groups in total. The lowest BCUT2D eigenvalue weighted by molar-refractivity contribution is -0.126. The minimum absolute atomic E-state index is 0.0123. The van der Waals surface area contributed by atoms with Gasteiger partial charge in [-0.2, -0.15) is 4.31 Å². The van der Waals surface area contributed by atoms with Gasteiger partial charge in [0.05, 0.1) is 11.0 Å². The summed E-state index contributed by atoms with van der Waals surface area (Å²) in [5.74, 6) is -0.122. The molecular weight excluding hydrogens is 378 g/mol. The van der Waals surface area contributed by atoms with E-state index in [1.165, 1.54) is 4.31 Å². The lowest BCUT2D eigenvalue weighted by Gasteiger charge is -2.30. The van der Waals surface area contributed by atoms with Crippen LogP contribution in [0.3, 0.4) is 0 Å². The number of nitrogens with one attached hydrogen (secondary N) is 1. The smallest absolute Gasteiger partial charge is 0.243 e. The molecule has 2 aromatic rings. The highest BCUT2D eigenvalue weighted by molar-refractivity contribution is 7.89. The molecule has 1 amide bonds. The molecule has 2 saturated heterocycles. The summed E-state index contributed by atoms with van der Waals surface area (Å²) in [7, 11) is -1.61. The molecule has 2 aliphatic rings. The largest absolute Gasteiger partial charge is 0.376 e. The molecule has 7 nitrogen and oxygen atoms in total. The van der Waals surface area contributed by atoms with E-state index in [0.717, 1.165) is 30.4 Å². The van der Waals surface area contributed by atoms with Crippen molar-refractivity contribution in [1.82, 2.24) is 14.2 Å². The number of ether oxygens (including phenoxy) is 1. The van der Waals surface area contributed by atoms with Crippen LogP contribution in [0.1, 0.15) is 25.7 Å². The zero-order valence-electron chi connectivity index (χ0n) is 16.1. The Balaban J connectivity index is 1.37. The number of aryl methyl sites for hydroxylation is 1. The van der Waals surface area contributed by atoms with Crippen LogP contribution in [0.2, 0.25) is 0 Å². The average Bonchev–Trinajstić information content (AvgIpc) is 3.36. The van der Waals surface area contributed by atoms with E-state index in [4.69, 9.17) is 4.74 Å². The summed E-state index contributed by atoms with van der Waals surface area (Å²) < 4.78 is 35.0. The van der Waals surface area contributed by atoms with Gasteiger partial charge < -0.3 is 14.6 Å². The van der Waals surface area contributed by atoms with E-state index in [1.54, 1.807) is 12.1 Å². The number of carbonyl (C=O) groups excluding carboxylic acids is 1. The predicted molar refractivity (Wildman–Crippen MR) is 106 cm³/mol. The van der Waals surface area contributed by atoms with Crippen LogP contribution in [0.15, 0.2) is 35.4 Å². The molecule has 152 valence electrons. The average molecular weight is 406 g/mol. The number of hydrogen-bond acceptors (Lipinski definition) is 4. The minimum Gasteiger partial charge on any atom is -0.376 e. The second kappa shape index (κ2) is 7.85. The van der Waals surface area contributed by atoms with Gasteiger partial charge >= 0.3 is 0 Å². The van der Waals surface area contributed by atoms with Gasteiger partial charge in [-0.15, -0.1) is 0 Å². The zero-order valence-corrected chi connectivity index (χ0v) is 17.0. The second-order valence-corrected chi connectivity index (χ2v) is 9.64. The molecule has 1 aromatic carbocycles. The summed E-state index contributed by atoms with van der Waals surface area (Å²) in [6, 6.07) is 7.15. The van der Waals surface area contributed by atoms with Crippen LogP contribution in [0.5, 0.6) is 0 Å². The molecule has 28 heavy (non-hydrogen) atoms. The molecule has 2 fully saturated rings. The van der Waals surface area contributed by atoms with Gasteiger partial charge in [-0.05, 0) is 49.9 Å². The van der Waals surface area contributed by atoms with Crippen molar-refractivity contribution in [2.24, 2.45) is 13.0 Å². The number of piperidine rings is 1. The van der Waals surface area contributed by atoms with Gasteiger partial charge in [-0.25, -0.2) is 8.42 Å². The van der Waals surface area contributed by atoms with Crippen molar-refractivity contribution in [3.05, 3.63) is 30.5 Å². The number of nitrogens with zero attached hydrogens (tertiary/aromatic N) is 2. The molecule has 4 rings (SSSR count). The van der Waals surface area contributed by atoms with Crippen LogP contribution in [0.4, 0.5) is 0 Å². The topological polar surface area (TPSA) is 80.6 Å². The number of hydrogen-bond donors (Lipinski definition) is 1. The first-order chi connectivity index (χ1) is 13.4. The normalized spacial score (nSPS) is 22.0. The van der Waals surface area contributed by atoms with Gasteiger partial charge in [-0.3, -0.25) is 4.79 Å². The van der Waals surface area contributed by atoms with Crippen molar-refractivity contribution in [3.8, 4) is 0 Å². The Bertz CT molecular complexity index is 955. The van der Waals surface area contributed by atoms with E-state index < -0.39 is 10.0 Å². The Kier molecular flexibility index (Phi) is 5.44. The van der Waals surface area contributed by atoms with Crippen LogP contribution < -0.4 is 5.32 Å². The fourth-order valence-electron chi connectivity index (χ4n) is 4.09. The van der Waals surface area contributed by atoms with Crippen LogP contribution in [-0.2, 0) is 26.6 Å². The van der Waals surface area contributed by atoms with Crippen LogP contribution >= 0.6 is 0 Å². The van der Waals surface area contributed by atoms with Gasteiger partial charge in [0.1, 0.15) is 0 Å². The second-order valence-electron chi connectivity index (χ2n) is 7.71. The summed E-state index contributed by atoms with van der Waals surface area (Å²) in [6.07, 6.45) is 5.17. The molecular formula is C20H27N3O4S. The molecule has 0 aliphatic carbocycles. The molecule has 1 aromatic heterocycles. The maximum Gasteiger partial charge on any atom is 0.243 e. The molecule has 0 bridgehead atoms. The third kappa shape index (κ3) is 3.81. The number of sulfonamides is 1. The fourth-order valence-corrected chi connectivity index (χ4v) is 5.60. The number of rotatable bonds is 5. The highest BCUT2D eigenvalue weighted by Crippen LogP contribution is 2.26. The van der Waals surface area contributed by atoms with Gasteiger partial charge in [0.2, 0.25) is 15.9 Å². The van der Waals surface area contributed by atoms with Crippen molar-refractivity contribution in [2.75, 3.05) is 26.2 Å². The van der Waals surface area contributed by atoms with Crippen LogP contribution in [0.25, 0.3) is 10.9 Å². The number of amides is 1. The monoisotopic (exact) mass is 405 g/mol. The Morgan fingerprint density at radius 1 is 1.21 bits per heavy atom. The highest BCUT2D eigenvalue weighted by Gasteiger charge is 2.32. The Morgan fingerprint density at radius 3 is 2.71 bits per heavy atom. The van der Waals surface area contributed by atoms with Crippen molar-refractivity contribution >= 4 is 26.8 Å². The summed E-state index contributed by atoms with van der Waals surface area (Å²) in [5.41, 5.74) is 1.00. The lowest BCUT2D eigenvalue weighted by Crippen LogP contribution is -2.44. The summed E-state index contributed by atoms with van der Waals surface area (Å²) >= 11 is 0. The maximum atomic E-state index is 13.0. The summed E-state index contributed by atoms with van der Waals surface area (Å²) in [5, 5.41) is 3.88. The molecule has 0 spiro atoms. The first kappa shape index (κ1) is 19.4. The van der Waals surface area contributed by atoms with E-state index in [9.17, 15) is 13.2 Å². The standard InChI is InChI=1S/C20H27N3O4S/c1-22-9-6-16-13-18(4-5-19(16)22)28(25,26)23-10-7-15(8-11-23)20(24)21-14-17-3-2-12-27-17/h4-6,9,13,15,17H,2-3,7-8,10-12,14H2,1H3,(H,21,24)/t17-/m0/s1. The zero-order chi connectivity index (χ0) is 19.7. The predicted octanol–water partition coefficient (Wildman–Crippen LogP) is 1.87. The lowest BCUT2D eigenvalue weighted by atomic mass is 9.97. The highest BCUT2D eigenvalue weighted by atomic mass is 32.2.